The number of nitrogens with one attached hydrogen (secondary N) is 1. The molecule has 0 spiro atoms. The maximum Gasteiger partial charge on any atom is 0.270 e. The zero-order valence-corrected chi connectivity index (χ0v) is 22.1. The monoisotopic (exact) mass is 543 g/mol. The molecule has 2 amide bonds. The number of hydrogen-bond donors (Lipinski definition) is 1. The number of halogens is 2. The molecular formula is C30H27F2N5O3. The van der Waals surface area contributed by atoms with Gasteiger partial charge in [0, 0.05) is 41.7 Å². The number of hydrogen-bond acceptors (Lipinski definition) is 5. The summed E-state index contributed by atoms with van der Waals surface area (Å²) in [5.41, 5.74) is 3.08. The number of hydrazone groups is 1. The highest BCUT2D eigenvalue weighted by molar-refractivity contribution is 6.28. The van der Waals surface area contributed by atoms with Crippen molar-refractivity contribution in [1.29, 1.82) is 0 Å². The lowest BCUT2D eigenvalue weighted by Gasteiger charge is -2.20. The molecule has 1 atom stereocenters. The summed E-state index contributed by atoms with van der Waals surface area (Å²) in [5.74, 6) is -4.86. The van der Waals surface area contributed by atoms with E-state index < -0.39 is 23.7 Å². The van der Waals surface area contributed by atoms with Gasteiger partial charge >= 0.3 is 0 Å². The molecule has 3 aromatic carbocycles. The number of alkyl halides is 2. The molecule has 1 unspecified atom stereocenters. The van der Waals surface area contributed by atoms with Crippen molar-refractivity contribution in [2.75, 3.05) is 17.4 Å². The van der Waals surface area contributed by atoms with E-state index in [1.54, 1.807) is 38.7 Å². The molecule has 2 heterocycles. The van der Waals surface area contributed by atoms with Crippen molar-refractivity contribution in [1.82, 2.24) is 9.55 Å². The van der Waals surface area contributed by atoms with Crippen LogP contribution >= 0.6 is 0 Å². The quantitative estimate of drug-likeness (QED) is 0.289. The average Bonchev–Trinajstić information content (AvgIpc) is 3.55. The summed E-state index contributed by atoms with van der Waals surface area (Å²) in [6.45, 7) is 2.79. The fourth-order valence-corrected chi connectivity index (χ4v) is 4.70. The maximum absolute atomic E-state index is 13.8. The van der Waals surface area contributed by atoms with E-state index in [0.717, 1.165) is 23.6 Å². The smallest absolute Gasteiger partial charge is 0.270 e. The summed E-state index contributed by atoms with van der Waals surface area (Å²) in [4.78, 5) is 30.9. The van der Waals surface area contributed by atoms with Gasteiger partial charge in [-0.1, -0.05) is 42.5 Å². The molecule has 0 saturated heterocycles. The van der Waals surface area contributed by atoms with Crippen molar-refractivity contribution < 1.29 is 23.1 Å². The number of ether oxygens (including phenoxy) is 1. The van der Waals surface area contributed by atoms with Gasteiger partial charge in [0.2, 0.25) is 5.91 Å². The van der Waals surface area contributed by atoms with Crippen molar-refractivity contribution in [3.05, 3.63) is 96.6 Å². The zero-order chi connectivity index (χ0) is 28.4. The third kappa shape index (κ3) is 5.33. The fraction of sp³-hybridized carbons (Fsp3) is 0.200. The molecule has 5 rings (SSSR count). The normalized spacial score (nSPS) is 15.2. The van der Waals surface area contributed by atoms with Gasteiger partial charge in [-0.3, -0.25) is 9.59 Å². The van der Waals surface area contributed by atoms with Gasteiger partial charge in [0.1, 0.15) is 5.75 Å². The van der Waals surface area contributed by atoms with Crippen LogP contribution < -0.4 is 15.1 Å². The number of anilines is 2. The summed E-state index contributed by atoms with van der Waals surface area (Å²) >= 11 is 0. The van der Waals surface area contributed by atoms with Crippen LogP contribution in [-0.2, 0) is 22.1 Å². The van der Waals surface area contributed by atoms with Crippen molar-refractivity contribution in [2.24, 2.45) is 11.0 Å². The molecule has 0 fully saturated rings. The first-order valence-electron chi connectivity index (χ1n) is 12.6. The number of methoxy groups -OCH3 is 1. The second kappa shape index (κ2) is 10.7. The second-order valence-electron chi connectivity index (χ2n) is 9.57. The topological polar surface area (TPSA) is 88.8 Å². The molecule has 10 heteroatoms. The van der Waals surface area contributed by atoms with Gasteiger partial charge in [0.05, 0.1) is 31.4 Å². The SMILES string of the molecule is COc1c(Cn2ccnc2)cc(N2N=C(C)C(C(=O)Nc3cccc(C(C)(F)F)c3)C2=O)cc1-c1ccccc1. The zero-order valence-electron chi connectivity index (χ0n) is 22.1. The lowest BCUT2D eigenvalue weighted by Crippen LogP contribution is -2.36. The molecule has 1 aliphatic rings. The highest BCUT2D eigenvalue weighted by Gasteiger charge is 2.40. The van der Waals surface area contributed by atoms with E-state index in [0.29, 0.717) is 18.0 Å². The van der Waals surface area contributed by atoms with Crippen LogP contribution in [0.5, 0.6) is 5.75 Å². The van der Waals surface area contributed by atoms with Crippen LogP contribution in [0.2, 0.25) is 0 Å². The van der Waals surface area contributed by atoms with E-state index in [1.807, 2.05) is 41.1 Å². The first kappa shape index (κ1) is 26.7. The molecule has 1 N–H and O–H groups in total. The van der Waals surface area contributed by atoms with Crippen LogP contribution in [0.3, 0.4) is 0 Å². The number of benzene rings is 3. The van der Waals surface area contributed by atoms with E-state index in [2.05, 4.69) is 15.4 Å². The summed E-state index contributed by atoms with van der Waals surface area (Å²) in [7, 11) is 1.59. The molecule has 1 aliphatic heterocycles. The summed E-state index contributed by atoms with van der Waals surface area (Å²) in [6, 6.07) is 18.6. The van der Waals surface area contributed by atoms with E-state index in [4.69, 9.17) is 4.74 Å². The summed E-state index contributed by atoms with van der Waals surface area (Å²) in [6.07, 6.45) is 5.18. The molecular weight excluding hydrogens is 516 g/mol. The molecule has 204 valence electrons. The molecule has 1 aromatic heterocycles. The van der Waals surface area contributed by atoms with E-state index in [1.165, 1.54) is 29.3 Å². The van der Waals surface area contributed by atoms with Gasteiger partial charge in [-0.05, 0) is 36.8 Å². The van der Waals surface area contributed by atoms with Gasteiger partial charge in [0.25, 0.3) is 11.8 Å². The Morgan fingerprint density at radius 2 is 1.88 bits per heavy atom. The van der Waals surface area contributed by atoms with Gasteiger partial charge in [-0.15, -0.1) is 0 Å². The minimum absolute atomic E-state index is 0.168. The molecule has 40 heavy (non-hydrogen) atoms. The Balaban J connectivity index is 1.49. The lowest BCUT2D eigenvalue weighted by atomic mass is 9.99. The number of nitrogens with zero attached hydrogens (tertiary/aromatic N) is 4. The highest BCUT2D eigenvalue weighted by Crippen LogP contribution is 2.39. The lowest BCUT2D eigenvalue weighted by molar-refractivity contribution is -0.127. The Labute approximate surface area is 229 Å². The van der Waals surface area contributed by atoms with Gasteiger partial charge in [-0.2, -0.15) is 10.1 Å². The Morgan fingerprint density at radius 3 is 2.55 bits per heavy atom. The minimum atomic E-state index is -3.07. The van der Waals surface area contributed by atoms with Gasteiger partial charge in [-0.25, -0.2) is 13.8 Å². The van der Waals surface area contributed by atoms with Crippen LogP contribution in [0.1, 0.15) is 25.0 Å². The molecule has 0 saturated carbocycles. The van der Waals surface area contributed by atoms with Crippen molar-refractivity contribution in [2.45, 2.75) is 26.3 Å². The van der Waals surface area contributed by atoms with Crippen molar-refractivity contribution >= 4 is 28.9 Å². The molecule has 0 bridgehead atoms. The number of carbonyl (C=O) groups excluding carboxylic acids is 2. The predicted molar refractivity (Wildman–Crippen MR) is 148 cm³/mol. The first-order chi connectivity index (χ1) is 19.2. The second-order valence-corrected chi connectivity index (χ2v) is 9.57. The minimum Gasteiger partial charge on any atom is -0.496 e. The first-order valence-corrected chi connectivity index (χ1v) is 12.6. The van der Waals surface area contributed by atoms with E-state index in [9.17, 15) is 18.4 Å². The number of amides is 2. The van der Waals surface area contributed by atoms with E-state index in [-0.39, 0.29) is 17.0 Å². The molecule has 4 aromatic rings. The van der Waals surface area contributed by atoms with Crippen molar-refractivity contribution in [3.63, 3.8) is 0 Å². The van der Waals surface area contributed by atoms with Crippen LogP contribution in [0.15, 0.2) is 90.6 Å². The van der Waals surface area contributed by atoms with Gasteiger partial charge < -0.3 is 14.6 Å². The highest BCUT2D eigenvalue weighted by atomic mass is 19.3. The standard InChI is InChI=1S/C30H27F2N5O3/c1-19-26(28(38)34-23-11-7-10-22(15-23)30(2,31)32)29(39)37(35-19)24-14-21(17-36-13-12-33-18-36)27(40-3)25(16-24)20-8-5-4-6-9-20/h4-16,18,26H,17H2,1-3H3,(H,34,38). The number of aromatic nitrogens is 2. The Hall–Kier alpha value is -4.86. The number of imidazole rings is 1. The number of rotatable bonds is 8. The largest absolute Gasteiger partial charge is 0.496 e. The fourth-order valence-electron chi connectivity index (χ4n) is 4.70. The maximum atomic E-state index is 13.8. The Kier molecular flexibility index (Phi) is 7.17. The average molecular weight is 544 g/mol. The Morgan fingerprint density at radius 1 is 1.10 bits per heavy atom. The third-order valence-electron chi connectivity index (χ3n) is 6.63. The van der Waals surface area contributed by atoms with E-state index >= 15 is 0 Å². The van der Waals surface area contributed by atoms with Gasteiger partial charge in [0.15, 0.2) is 5.92 Å². The van der Waals surface area contributed by atoms with Crippen molar-refractivity contribution in [3.8, 4) is 16.9 Å². The molecule has 0 radical (unpaired) electrons. The summed E-state index contributed by atoms with van der Waals surface area (Å²) < 4.78 is 35.3. The number of carbonyl (C=O) groups is 2. The van der Waals surface area contributed by atoms with Crippen LogP contribution in [0.25, 0.3) is 11.1 Å². The predicted octanol–water partition coefficient (Wildman–Crippen LogP) is 5.70. The summed E-state index contributed by atoms with van der Waals surface area (Å²) in [5, 5.41) is 8.23. The molecule has 8 nitrogen and oxygen atoms in total. The molecule has 0 aliphatic carbocycles. The van der Waals surface area contributed by atoms with Crippen LogP contribution in [0, 0.1) is 5.92 Å². The van der Waals surface area contributed by atoms with Crippen LogP contribution in [-0.4, -0.2) is 34.2 Å². The van der Waals surface area contributed by atoms with Crippen LogP contribution in [0.4, 0.5) is 20.2 Å². The Bertz CT molecular complexity index is 1580. The third-order valence-corrected chi connectivity index (χ3v) is 6.63.